The molecule has 142 valence electrons. The predicted octanol–water partition coefficient (Wildman–Crippen LogP) is 5.20. The van der Waals surface area contributed by atoms with E-state index in [0.717, 1.165) is 26.4 Å². The van der Waals surface area contributed by atoms with Crippen LogP contribution in [0.2, 0.25) is 0 Å². The highest BCUT2D eigenvalue weighted by atomic mass is 32.1. The zero-order valence-corrected chi connectivity index (χ0v) is 16.1. The maximum atomic E-state index is 12.6. The molecule has 29 heavy (non-hydrogen) atoms. The maximum absolute atomic E-state index is 12.6. The second-order valence-corrected chi connectivity index (χ2v) is 7.83. The average Bonchev–Trinajstić information content (AvgIpc) is 3.30. The van der Waals surface area contributed by atoms with Crippen LogP contribution in [-0.2, 0) is 9.53 Å². The minimum atomic E-state index is -0.550. The van der Waals surface area contributed by atoms with Crippen LogP contribution in [0.25, 0.3) is 20.8 Å². The van der Waals surface area contributed by atoms with Gasteiger partial charge in [0.2, 0.25) is 5.91 Å². The van der Waals surface area contributed by atoms with Gasteiger partial charge in [-0.05, 0) is 30.3 Å². The molecule has 0 bridgehead atoms. The number of hydrogen-bond acceptors (Lipinski definition) is 5. The Morgan fingerprint density at radius 3 is 2.76 bits per heavy atom. The van der Waals surface area contributed by atoms with E-state index >= 15 is 0 Å². The Kier molecular flexibility index (Phi) is 4.33. The Bertz CT molecular complexity index is 1210. The lowest BCUT2D eigenvalue weighted by Gasteiger charge is -2.11. The van der Waals surface area contributed by atoms with E-state index in [0.29, 0.717) is 11.3 Å². The van der Waals surface area contributed by atoms with Gasteiger partial charge in [-0.1, -0.05) is 42.5 Å². The largest absolute Gasteiger partial charge is 0.453 e. The van der Waals surface area contributed by atoms with Crippen molar-refractivity contribution in [2.75, 3.05) is 5.32 Å². The summed E-state index contributed by atoms with van der Waals surface area (Å²) in [4.78, 5) is 29.2. The van der Waals surface area contributed by atoms with Gasteiger partial charge in [-0.15, -0.1) is 11.3 Å². The van der Waals surface area contributed by atoms with Crippen molar-refractivity contribution in [3.8, 4) is 10.6 Å². The third kappa shape index (κ3) is 3.39. The Morgan fingerprint density at radius 1 is 1.03 bits per heavy atom. The summed E-state index contributed by atoms with van der Waals surface area (Å²) < 4.78 is 6.48. The SMILES string of the molecule is O=C(CC1OC(=O)c2ccccc21)Nc1cccc(-c2nc3ccccc3s2)c1. The fourth-order valence-corrected chi connectivity index (χ4v) is 4.44. The van der Waals surface area contributed by atoms with Gasteiger partial charge in [-0.2, -0.15) is 0 Å². The number of aromatic nitrogens is 1. The van der Waals surface area contributed by atoms with E-state index < -0.39 is 6.10 Å². The molecule has 0 radical (unpaired) electrons. The highest BCUT2D eigenvalue weighted by molar-refractivity contribution is 7.21. The third-order valence-electron chi connectivity index (χ3n) is 4.83. The predicted molar refractivity (Wildman–Crippen MR) is 113 cm³/mol. The number of anilines is 1. The van der Waals surface area contributed by atoms with Gasteiger partial charge in [0, 0.05) is 16.8 Å². The molecule has 1 aliphatic rings. The number of rotatable bonds is 4. The molecule has 1 atom stereocenters. The standard InChI is InChI=1S/C23H16N2O3S/c26-21(13-19-16-8-1-2-9-17(16)23(27)28-19)24-15-7-5-6-14(12-15)22-25-18-10-3-4-11-20(18)29-22/h1-12,19H,13H2,(H,24,26). The van der Waals surface area contributed by atoms with E-state index in [1.54, 1.807) is 23.5 Å². The van der Waals surface area contributed by atoms with Gasteiger partial charge >= 0.3 is 5.97 Å². The first-order valence-corrected chi connectivity index (χ1v) is 10.0. The first-order valence-electron chi connectivity index (χ1n) is 9.23. The number of nitrogens with zero attached hydrogens (tertiary/aromatic N) is 1. The first kappa shape index (κ1) is 17.6. The molecule has 3 aromatic carbocycles. The number of carbonyl (C=O) groups is 2. The molecule has 0 saturated carbocycles. The minimum Gasteiger partial charge on any atom is -0.453 e. The molecule has 0 fully saturated rings. The lowest BCUT2D eigenvalue weighted by Crippen LogP contribution is -2.15. The lowest BCUT2D eigenvalue weighted by molar-refractivity contribution is -0.118. The molecule has 1 aliphatic heterocycles. The second kappa shape index (κ2) is 7.14. The summed E-state index contributed by atoms with van der Waals surface area (Å²) in [5, 5.41) is 3.81. The molecule has 1 unspecified atom stereocenters. The Morgan fingerprint density at radius 2 is 1.86 bits per heavy atom. The lowest BCUT2D eigenvalue weighted by atomic mass is 10.0. The Labute approximate surface area is 171 Å². The minimum absolute atomic E-state index is 0.0775. The number of thiazole rings is 1. The summed E-state index contributed by atoms with van der Waals surface area (Å²) in [5.74, 6) is -0.586. The van der Waals surface area contributed by atoms with Gasteiger partial charge < -0.3 is 10.1 Å². The van der Waals surface area contributed by atoms with Crippen molar-refractivity contribution < 1.29 is 14.3 Å². The van der Waals surface area contributed by atoms with Crippen LogP contribution >= 0.6 is 11.3 Å². The van der Waals surface area contributed by atoms with Crippen LogP contribution in [0.15, 0.2) is 72.8 Å². The molecule has 1 amide bonds. The highest BCUT2D eigenvalue weighted by Crippen LogP contribution is 2.34. The monoisotopic (exact) mass is 400 g/mol. The molecular formula is C23H16N2O3S. The van der Waals surface area contributed by atoms with Crippen molar-refractivity contribution in [2.45, 2.75) is 12.5 Å². The number of ether oxygens (including phenoxy) is 1. The van der Waals surface area contributed by atoms with Crippen molar-refractivity contribution in [1.82, 2.24) is 4.98 Å². The van der Waals surface area contributed by atoms with Crippen LogP contribution in [0.1, 0.15) is 28.4 Å². The number of esters is 1. The fraction of sp³-hybridized carbons (Fsp3) is 0.0870. The van der Waals surface area contributed by atoms with E-state index in [4.69, 9.17) is 4.74 Å². The van der Waals surface area contributed by atoms with Crippen LogP contribution in [0.5, 0.6) is 0 Å². The second-order valence-electron chi connectivity index (χ2n) is 6.80. The molecule has 6 heteroatoms. The summed E-state index contributed by atoms with van der Waals surface area (Å²) in [5.41, 5.74) is 3.88. The van der Waals surface area contributed by atoms with Gasteiger partial charge in [0.05, 0.1) is 22.2 Å². The molecule has 4 aromatic rings. The zero-order valence-electron chi connectivity index (χ0n) is 15.3. The van der Waals surface area contributed by atoms with Crippen molar-refractivity contribution in [3.63, 3.8) is 0 Å². The molecule has 2 heterocycles. The third-order valence-corrected chi connectivity index (χ3v) is 5.92. The number of fused-ring (bicyclic) bond motifs is 2. The van der Waals surface area contributed by atoms with Gasteiger partial charge in [0.15, 0.2) is 0 Å². The smallest absolute Gasteiger partial charge is 0.339 e. The van der Waals surface area contributed by atoms with Crippen LogP contribution in [0.4, 0.5) is 5.69 Å². The summed E-state index contributed by atoms with van der Waals surface area (Å²) in [6.45, 7) is 0. The average molecular weight is 400 g/mol. The van der Waals surface area contributed by atoms with Crippen molar-refractivity contribution in [1.29, 1.82) is 0 Å². The van der Waals surface area contributed by atoms with Crippen LogP contribution in [0.3, 0.4) is 0 Å². The van der Waals surface area contributed by atoms with Crippen molar-refractivity contribution >= 4 is 39.1 Å². The molecule has 0 aliphatic carbocycles. The van der Waals surface area contributed by atoms with E-state index in [1.165, 1.54) is 0 Å². The summed E-state index contributed by atoms with van der Waals surface area (Å²) in [6.07, 6.45) is -0.472. The quantitative estimate of drug-likeness (QED) is 0.478. The molecular weight excluding hydrogens is 384 g/mol. The van der Waals surface area contributed by atoms with Crippen LogP contribution in [-0.4, -0.2) is 16.9 Å². The number of carbonyl (C=O) groups excluding carboxylic acids is 2. The van der Waals surface area contributed by atoms with Gasteiger partial charge in [0.1, 0.15) is 11.1 Å². The Balaban J connectivity index is 1.33. The van der Waals surface area contributed by atoms with Gasteiger partial charge in [-0.25, -0.2) is 9.78 Å². The topological polar surface area (TPSA) is 68.3 Å². The number of para-hydroxylation sites is 1. The maximum Gasteiger partial charge on any atom is 0.339 e. The number of benzene rings is 3. The molecule has 0 spiro atoms. The molecule has 0 saturated heterocycles. The fourth-order valence-electron chi connectivity index (χ4n) is 3.48. The summed E-state index contributed by atoms with van der Waals surface area (Å²) >= 11 is 1.62. The van der Waals surface area contributed by atoms with Gasteiger partial charge in [-0.3, -0.25) is 4.79 Å². The number of cyclic esters (lactones) is 1. The molecule has 1 aromatic heterocycles. The zero-order chi connectivity index (χ0) is 19.8. The van der Waals surface area contributed by atoms with Crippen molar-refractivity contribution in [3.05, 3.63) is 83.9 Å². The van der Waals surface area contributed by atoms with E-state index in [2.05, 4.69) is 10.3 Å². The summed E-state index contributed by atoms with van der Waals surface area (Å²) in [6, 6.07) is 22.8. The summed E-state index contributed by atoms with van der Waals surface area (Å²) in [7, 11) is 0. The van der Waals surface area contributed by atoms with Gasteiger partial charge in [0.25, 0.3) is 0 Å². The normalized spacial score (nSPS) is 15.2. The van der Waals surface area contributed by atoms with Crippen molar-refractivity contribution in [2.24, 2.45) is 0 Å². The van der Waals surface area contributed by atoms with E-state index in [-0.39, 0.29) is 18.3 Å². The number of nitrogens with one attached hydrogen (secondary N) is 1. The molecule has 5 rings (SSSR count). The van der Waals surface area contributed by atoms with Crippen LogP contribution in [0, 0.1) is 0 Å². The first-order chi connectivity index (χ1) is 14.2. The molecule has 5 nitrogen and oxygen atoms in total. The highest BCUT2D eigenvalue weighted by Gasteiger charge is 2.32. The number of amides is 1. The Hall–Kier alpha value is -3.51. The number of hydrogen-bond donors (Lipinski definition) is 1. The van der Waals surface area contributed by atoms with E-state index in [1.807, 2.05) is 60.7 Å². The van der Waals surface area contributed by atoms with E-state index in [9.17, 15) is 9.59 Å². The molecule has 1 N–H and O–H groups in total. The van der Waals surface area contributed by atoms with Crippen LogP contribution < -0.4 is 5.32 Å².